The standard InChI is InChI=1S/C15H15N5OS/c1-2-9(6-16-4-1)12-7-20-15(17-12)22-14(19-20)18-13-10-3-5-21-8-11(10)13/h1-2,4,6-7,10-11,13H,3,5,8H2,(H,18,19). The van der Waals surface area contributed by atoms with Crippen LogP contribution in [0, 0.1) is 11.8 Å². The van der Waals surface area contributed by atoms with E-state index in [0.717, 1.165) is 46.9 Å². The molecule has 1 saturated heterocycles. The smallest absolute Gasteiger partial charge is 0.214 e. The molecule has 1 aliphatic carbocycles. The van der Waals surface area contributed by atoms with Gasteiger partial charge in [-0.05, 0) is 24.5 Å². The Morgan fingerprint density at radius 1 is 1.36 bits per heavy atom. The molecule has 6 nitrogen and oxygen atoms in total. The minimum absolute atomic E-state index is 0.524. The maximum absolute atomic E-state index is 5.52. The van der Waals surface area contributed by atoms with Crippen LogP contribution < -0.4 is 5.32 Å². The van der Waals surface area contributed by atoms with Gasteiger partial charge in [-0.15, -0.1) is 5.10 Å². The molecule has 112 valence electrons. The summed E-state index contributed by atoms with van der Waals surface area (Å²) in [4.78, 5) is 9.67. The molecular formula is C15H15N5OS. The monoisotopic (exact) mass is 313 g/mol. The summed E-state index contributed by atoms with van der Waals surface area (Å²) in [5, 5.41) is 9.09. The van der Waals surface area contributed by atoms with Crippen molar-refractivity contribution in [1.82, 2.24) is 19.6 Å². The van der Waals surface area contributed by atoms with Gasteiger partial charge in [-0.2, -0.15) is 0 Å². The van der Waals surface area contributed by atoms with Crippen LogP contribution in [-0.4, -0.2) is 38.8 Å². The van der Waals surface area contributed by atoms with Gasteiger partial charge in [0.15, 0.2) is 0 Å². The normalized spacial score (nSPS) is 26.8. The molecule has 4 heterocycles. The van der Waals surface area contributed by atoms with Crippen LogP contribution in [0.1, 0.15) is 6.42 Å². The molecule has 1 N–H and O–H groups in total. The molecule has 0 spiro atoms. The summed E-state index contributed by atoms with van der Waals surface area (Å²) in [7, 11) is 0. The van der Waals surface area contributed by atoms with E-state index in [1.807, 2.05) is 29.0 Å². The molecule has 3 aromatic heterocycles. The predicted octanol–water partition coefficient (Wildman–Crippen LogP) is 2.30. The predicted molar refractivity (Wildman–Crippen MR) is 83.9 cm³/mol. The summed E-state index contributed by atoms with van der Waals surface area (Å²) in [5.41, 5.74) is 1.92. The molecule has 3 aromatic rings. The first-order valence-electron chi connectivity index (χ1n) is 7.49. The molecule has 7 heteroatoms. The second kappa shape index (κ2) is 4.76. The number of ether oxygens (including phenoxy) is 1. The van der Waals surface area contributed by atoms with Crippen molar-refractivity contribution >= 4 is 21.4 Å². The van der Waals surface area contributed by atoms with Gasteiger partial charge < -0.3 is 10.1 Å². The van der Waals surface area contributed by atoms with Crippen LogP contribution in [0.15, 0.2) is 30.7 Å². The Kier molecular flexibility index (Phi) is 2.71. The van der Waals surface area contributed by atoms with Crippen molar-refractivity contribution in [3.05, 3.63) is 30.7 Å². The van der Waals surface area contributed by atoms with Gasteiger partial charge >= 0.3 is 0 Å². The number of fused-ring (bicyclic) bond motifs is 2. The highest BCUT2D eigenvalue weighted by Gasteiger charge is 2.52. The Hall–Kier alpha value is -1.99. The van der Waals surface area contributed by atoms with E-state index < -0.39 is 0 Å². The van der Waals surface area contributed by atoms with Crippen molar-refractivity contribution in [3.63, 3.8) is 0 Å². The molecule has 3 atom stereocenters. The SMILES string of the molecule is c1cncc(-c2cn3nc(NC4C5CCOCC54)sc3n2)c1. The Bertz CT molecular complexity index is 770. The van der Waals surface area contributed by atoms with Crippen molar-refractivity contribution < 1.29 is 4.74 Å². The maximum atomic E-state index is 5.52. The highest BCUT2D eigenvalue weighted by molar-refractivity contribution is 7.20. The molecule has 0 aromatic carbocycles. The summed E-state index contributed by atoms with van der Waals surface area (Å²) in [6, 6.07) is 4.45. The number of pyridine rings is 1. The fraction of sp³-hybridized carbons (Fsp3) is 0.400. The fourth-order valence-corrected chi connectivity index (χ4v) is 4.10. The number of rotatable bonds is 3. The number of imidazole rings is 1. The molecule has 0 amide bonds. The highest BCUT2D eigenvalue weighted by atomic mass is 32.1. The van der Waals surface area contributed by atoms with Crippen LogP contribution in [0.3, 0.4) is 0 Å². The lowest BCUT2D eigenvalue weighted by Gasteiger charge is -2.06. The third-order valence-corrected chi connectivity index (χ3v) is 5.38. The minimum atomic E-state index is 0.524. The molecule has 2 fully saturated rings. The van der Waals surface area contributed by atoms with Crippen molar-refractivity contribution in [2.75, 3.05) is 18.5 Å². The van der Waals surface area contributed by atoms with Crippen molar-refractivity contribution in [2.24, 2.45) is 11.8 Å². The number of nitrogens with one attached hydrogen (secondary N) is 1. The first-order chi connectivity index (χ1) is 10.9. The van der Waals surface area contributed by atoms with E-state index in [1.54, 1.807) is 17.5 Å². The van der Waals surface area contributed by atoms with E-state index in [4.69, 9.17) is 4.74 Å². The first-order valence-corrected chi connectivity index (χ1v) is 8.31. The lowest BCUT2D eigenvalue weighted by atomic mass is 10.2. The number of anilines is 1. The Morgan fingerprint density at radius 3 is 3.14 bits per heavy atom. The quantitative estimate of drug-likeness (QED) is 0.804. The van der Waals surface area contributed by atoms with Gasteiger partial charge in [0.2, 0.25) is 10.1 Å². The van der Waals surface area contributed by atoms with Crippen LogP contribution in [0.4, 0.5) is 5.13 Å². The van der Waals surface area contributed by atoms with Gasteiger partial charge in [0.1, 0.15) is 0 Å². The second-order valence-electron chi connectivity index (χ2n) is 5.86. The summed E-state index contributed by atoms with van der Waals surface area (Å²) < 4.78 is 7.36. The van der Waals surface area contributed by atoms with Gasteiger partial charge in [0.25, 0.3) is 0 Å². The zero-order chi connectivity index (χ0) is 14.5. The maximum Gasteiger partial charge on any atom is 0.214 e. The summed E-state index contributed by atoms with van der Waals surface area (Å²) in [6.45, 7) is 1.78. The van der Waals surface area contributed by atoms with Crippen LogP contribution in [0.25, 0.3) is 16.2 Å². The lowest BCUT2D eigenvalue weighted by Crippen LogP contribution is -2.08. The molecule has 22 heavy (non-hydrogen) atoms. The van der Waals surface area contributed by atoms with E-state index in [9.17, 15) is 0 Å². The van der Waals surface area contributed by atoms with E-state index in [1.165, 1.54) is 0 Å². The van der Waals surface area contributed by atoms with Crippen LogP contribution >= 0.6 is 11.3 Å². The molecule has 1 aliphatic heterocycles. The van der Waals surface area contributed by atoms with Crippen molar-refractivity contribution in [3.8, 4) is 11.3 Å². The largest absolute Gasteiger partial charge is 0.381 e. The third kappa shape index (κ3) is 2.00. The van der Waals surface area contributed by atoms with Gasteiger partial charge in [-0.3, -0.25) is 4.98 Å². The molecular weight excluding hydrogens is 298 g/mol. The van der Waals surface area contributed by atoms with E-state index in [2.05, 4.69) is 20.4 Å². The summed E-state index contributed by atoms with van der Waals surface area (Å²) in [6.07, 6.45) is 6.70. The number of nitrogens with zero attached hydrogens (tertiary/aromatic N) is 4. The number of hydrogen-bond donors (Lipinski definition) is 1. The number of aromatic nitrogens is 4. The molecule has 0 radical (unpaired) electrons. The fourth-order valence-electron chi connectivity index (χ4n) is 3.27. The molecule has 0 bridgehead atoms. The van der Waals surface area contributed by atoms with Gasteiger partial charge in [0.05, 0.1) is 18.5 Å². The average molecular weight is 313 g/mol. The Labute approximate surface area is 131 Å². The molecule has 3 unspecified atom stereocenters. The topological polar surface area (TPSA) is 64.3 Å². The van der Waals surface area contributed by atoms with Crippen LogP contribution in [0.2, 0.25) is 0 Å². The molecule has 2 aliphatic rings. The minimum Gasteiger partial charge on any atom is -0.381 e. The molecule has 1 saturated carbocycles. The molecule has 5 rings (SSSR count). The Balaban J connectivity index is 1.38. The van der Waals surface area contributed by atoms with Gasteiger partial charge in [-0.1, -0.05) is 11.3 Å². The van der Waals surface area contributed by atoms with Crippen molar-refractivity contribution in [1.29, 1.82) is 0 Å². The zero-order valence-electron chi connectivity index (χ0n) is 11.8. The second-order valence-corrected chi connectivity index (χ2v) is 6.82. The van der Waals surface area contributed by atoms with Crippen LogP contribution in [0.5, 0.6) is 0 Å². The Morgan fingerprint density at radius 2 is 2.36 bits per heavy atom. The van der Waals surface area contributed by atoms with Gasteiger partial charge in [0, 0.05) is 36.5 Å². The van der Waals surface area contributed by atoms with E-state index in [-0.39, 0.29) is 0 Å². The zero-order valence-corrected chi connectivity index (χ0v) is 12.7. The number of hydrogen-bond acceptors (Lipinski definition) is 6. The van der Waals surface area contributed by atoms with Crippen molar-refractivity contribution in [2.45, 2.75) is 12.5 Å². The first kappa shape index (κ1) is 12.5. The summed E-state index contributed by atoms with van der Waals surface area (Å²) in [5.74, 6) is 1.42. The average Bonchev–Trinajstić information content (AvgIpc) is 2.88. The highest BCUT2D eigenvalue weighted by Crippen LogP contribution is 2.46. The van der Waals surface area contributed by atoms with Gasteiger partial charge in [-0.25, -0.2) is 9.50 Å². The third-order valence-electron chi connectivity index (χ3n) is 4.53. The van der Waals surface area contributed by atoms with E-state index >= 15 is 0 Å². The van der Waals surface area contributed by atoms with E-state index in [0.29, 0.717) is 12.0 Å². The lowest BCUT2D eigenvalue weighted by molar-refractivity contribution is 0.0888. The summed E-state index contributed by atoms with van der Waals surface area (Å²) >= 11 is 1.59. The van der Waals surface area contributed by atoms with Crippen LogP contribution in [-0.2, 0) is 4.74 Å².